The van der Waals surface area contributed by atoms with Gasteiger partial charge >= 0.3 is 0 Å². The maximum atomic E-state index is 11.4. The quantitative estimate of drug-likeness (QED) is 0.867. The summed E-state index contributed by atoms with van der Waals surface area (Å²) in [5, 5.41) is 13.3. The number of halogens is 1. The molecule has 1 aromatic carbocycles. The lowest BCUT2D eigenvalue weighted by Gasteiger charge is -2.23. The Morgan fingerprint density at radius 1 is 1.53 bits per heavy atom. The third kappa shape index (κ3) is 2.60. The van der Waals surface area contributed by atoms with Crippen molar-refractivity contribution in [2.75, 3.05) is 19.0 Å². The standard InChI is InChI=1S/C12H14ClNO3/c1-17-6-10(15)9-5-8(13)4-7-2-3-11(16)14-12(7)9/h4-5,10,15H,2-3,6H2,1H3,(H,14,16). The van der Waals surface area contributed by atoms with Crippen molar-refractivity contribution in [3.8, 4) is 0 Å². The van der Waals surface area contributed by atoms with Crippen LogP contribution in [0.1, 0.15) is 23.7 Å². The number of nitrogens with one attached hydrogen (secondary N) is 1. The summed E-state index contributed by atoms with van der Waals surface area (Å²) in [5.74, 6) is -0.0364. The maximum Gasteiger partial charge on any atom is 0.224 e. The highest BCUT2D eigenvalue weighted by atomic mass is 35.5. The number of ether oxygens (including phenoxy) is 1. The second-order valence-corrected chi connectivity index (χ2v) is 4.48. The van der Waals surface area contributed by atoms with Crippen LogP contribution in [0.15, 0.2) is 12.1 Å². The van der Waals surface area contributed by atoms with Crippen molar-refractivity contribution in [2.45, 2.75) is 18.9 Å². The summed E-state index contributed by atoms with van der Waals surface area (Å²) in [5.41, 5.74) is 2.25. The SMILES string of the molecule is COCC(O)c1cc(Cl)cc2c1NC(=O)CC2. The van der Waals surface area contributed by atoms with Crippen molar-refractivity contribution in [3.63, 3.8) is 0 Å². The van der Waals surface area contributed by atoms with Crippen LogP contribution in [0, 0.1) is 0 Å². The van der Waals surface area contributed by atoms with E-state index in [1.807, 2.05) is 6.07 Å². The summed E-state index contributed by atoms with van der Waals surface area (Å²) >= 11 is 6.00. The van der Waals surface area contributed by atoms with Gasteiger partial charge in [0.15, 0.2) is 0 Å². The third-order valence-corrected chi connectivity index (χ3v) is 3.00. The van der Waals surface area contributed by atoms with Gasteiger partial charge in [0.25, 0.3) is 0 Å². The molecule has 0 fully saturated rings. The van der Waals surface area contributed by atoms with Crippen LogP contribution in [0.3, 0.4) is 0 Å². The van der Waals surface area contributed by atoms with Crippen molar-refractivity contribution in [3.05, 3.63) is 28.3 Å². The molecule has 0 radical (unpaired) electrons. The molecule has 1 heterocycles. The molecule has 1 aromatic rings. The molecule has 92 valence electrons. The second-order valence-electron chi connectivity index (χ2n) is 4.05. The van der Waals surface area contributed by atoms with Gasteiger partial charge in [0.2, 0.25) is 5.91 Å². The van der Waals surface area contributed by atoms with E-state index in [9.17, 15) is 9.90 Å². The van der Waals surface area contributed by atoms with Crippen LogP contribution in [-0.2, 0) is 16.0 Å². The topological polar surface area (TPSA) is 58.6 Å². The number of fused-ring (bicyclic) bond motifs is 1. The predicted octanol–water partition coefficient (Wildman–Crippen LogP) is 1.90. The molecule has 0 aromatic heterocycles. The van der Waals surface area contributed by atoms with Gasteiger partial charge in [-0.25, -0.2) is 0 Å². The fourth-order valence-electron chi connectivity index (χ4n) is 2.00. The number of anilines is 1. The van der Waals surface area contributed by atoms with Crippen LogP contribution >= 0.6 is 11.6 Å². The summed E-state index contributed by atoms with van der Waals surface area (Å²) < 4.78 is 4.91. The van der Waals surface area contributed by atoms with Crippen LogP contribution in [0.2, 0.25) is 5.02 Å². The first-order chi connectivity index (χ1) is 8.11. The molecule has 0 spiro atoms. The lowest BCUT2D eigenvalue weighted by molar-refractivity contribution is -0.116. The molecule has 1 aliphatic rings. The Bertz CT molecular complexity index is 448. The smallest absolute Gasteiger partial charge is 0.224 e. The van der Waals surface area contributed by atoms with E-state index in [1.54, 1.807) is 6.07 Å². The molecule has 4 nitrogen and oxygen atoms in total. The first-order valence-electron chi connectivity index (χ1n) is 5.41. The molecule has 17 heavy (non-hydrogen) atoms. The zero-order valence-electron chi connectivity index (χ0n) is 9.50. The number of methoxy groups -OCH3 is 1. The fourth-order valence-corrected chi connectivity index (χ4v) is 2.25. The van der Waals surface area contributed by atoms with Gasteiger partial charge in [0.1, 0.15) is 6.10 Å². The minimum atomic E-state index is -0.786. The van der Waals surface area contributed by atoms with Gasteiger partial charge in [0, 0.05) is 29.8 Å². The number of rotatable bonds is 3. The number of aliphatic hydroxyl groups is 1. The molecule has 2 rings (SSSR count). The Balaban J connectivity index is 2.43. The van der Waals surface area contributed by atoms with Crippen molar-refractivity contribution in [1.82, 2.24) is 0 Å². The molecule has 1 aliphatic heterocycles. The first kappa shape index (κ1) is 12.4. The minimum Gasteiger partial charge on any atom is -0.386 e. The Morgan fingerprint density at radius 2 is 2.29 bits per heavy atom. The number of benzene rings is 1. The Hall–Kier alpha value is -1.10. The van der Waals surface area contributed by atoms with E-state index in [2.05, 4.69) is 5.32 Å². The van der Waals surface area contributed by atoms with E-state index in [4.69, 9.17) is 16.3 Å². The van der Waals surface area contributed by atoms with E-state index in [1.165, 1.54) is 7.11 Å². The highest BCUT2D eigenvalue weighted by Gasteiger charge is 2.22. The van der Waals surface area contributed by atoms with Crippen molar-refractivity contribution < 1.29 is 14.6 Å². The van der Waals surface area contributed by atoms with Gasteiger partial charge in [-0.3, -0.25) is 4.79 Å². The Labute approximate surface area is 105 Å². The molecule has 0 saturated carbocycles. The predicted molar refractivity (Wildman–Crippen MR) is 65.2 cm³/mol. The van der Waals surface area contributed by atoms with Crippen LogP contribution in [0.4, 0.5) is 5.69 Å². The molecular weight excluding hydrogens is 242 g/mol. The molecule has 1 unspecified atom stereocenters. The maximum absolute atomic E-state index is 11.4. The normalized spacial score (nSPS) is 16.3. The van der Waals surface area contributed by atoms with Crippen molar-refractivity contribution >= 4 is 23.2 Å². The summed E-state index contributed by atoms with van der Waals surface area (Å²) in [7, 11) is 1.51. The zero-order valence-corrected chi connectivity index (χ0v) is 10.3. The number of carbonyl (C=O) groups is 1. The Kier molecular flexibility index (Phi) is 3.66. The number of hydrogen-bond acceptors (Lipinski definition) is 3. The summed E-state index contributed by atoms with van der Waals surface area (Å²) in [6, 6.07) is 3.48. The zero-order chi connectivity index (χ0) is 12.4. The fraction of sp³-hybridized carbons (Fsp3) is 0.417. The molecule has 5 heteroatoms. The molecule has 1 amide bonds. The molecule has 0 bridgehead atoms. The van der Waals surface area contributed by atoms with Crippen LogP contribution < -0.4 is 5.32 Å². The number of aliphatic hydroxyl groups excluding tert-OH is 1. The van der Waals surface area contributed by atoms with E-state index in [0.29, 0.717) is 29.1 Å². The number of carbonyl (C=O) groups excluding carboxylic acids is 1. The minimum absolute atomic E-state index is 0.0364. The number of amides is 1. The average Bonchev–Trinajstić information content (AvgIpc) is 2.29. The van der Waals surface area contributed by atoms with Gasteiger partial charge in [-0.05, 0) is 24.1 Å². The highest BCUT2D eigenvalue weighted by Crippen LogP contribution is 2.33. The third-order valence-electron chi connectivity index (χ3n) is 2.78. The highest BCUT2D eigenvalue weighted by molar-refractivity contribution is 6.31. The molecule has 2 N–H and O–H groups in total. The van der Waals surface area contributed by atoms with Crippen LogP contribution in [-0.4, -0.2) is 24.7 Å². The van der Waals surface area contributed by atoms with E-state index in [-0.39, 0.29) is 12.5 Å². The molecule has 0 saturated heterocycles. The molecule has 0 aliphatic carbocycles. The van der Waals surface area contributed by atoms with Gasteiger partial charge in [-0.15, -0.1) is 0 Å². The monoisotopic (exact) mass is 255 g/mol. The van der Waals surface area contributed by atoms with Gasteiger partial charge in [-0.2, -0.15) is 0 Å². The van der Waals surface area contributed by atoms with E-state index in [0.717, 1.165) is 5.56 Å². The molecule has 1 atom stereocenters. The van der Waals surface area contributed by atoms with Crippen LogP contribution in [0.25, 0.3) is 0 Å². The summed E-state index contributed by atoms with van der Waals surface area (Å²) in [4.78, 5) is 11.4. The summed E-state index contributed by atoms with van der Waals surface area (Å²) in [6.45, 7) is 0.169. The van der Waals surface area contributed by atoms with Gasteiger partial charge in [-0.1, -0.05) is 11.6 Å². The number of aryl methyl sites for hydroxylation is 1. The average molecular weight is 256 g/mol. The Morgan fingerprint density at radius 3 is 3.00 bits per heavy atom. The lowest BCUT2D eigenvalue weighted by atomic mass is 9.96. The van der Waals surface area contributed by atoms with Crippen LogP contribution in [0.5, 0.6) is 0 Å². The van der Waals surface area contributed by atoms with Crippen molar-refractivity contribution in [2.24, 2.45) is 0 Å². The second kappa shape index (κ2) is 5.04. The molecular formula is C12H14ClNO3. The van der Waals surface area contributed by atoms with E-state index < -0.39 is 6.10 Å². The largest absolute Gasteiger partial charge is 0.386 e. The van der Waals surface area contributed by atoms with Gasteiger partial charge < -0.3 is 15.2 Å². The summed E-state index contributed by atoms with van der Waals surface area (Å²) in [6.07, 6.45) is 0.313. The van der Waals surface area contributed by atoms with E-state index >= 15 is 0 Å². The first-order valence-corrected chi connectivity index (χ1v) is 5.78. The lowest BCUT2D eigenvalue weighted by Crippen LogP contribution is -2.22. The van der Waals surface area contributed by atoms with Gasteiger partial charge in [0.05, 0.1) is 6.61 Å². The van der Waals surface area contributed by atoms with Crippen molar-refractivity contribution in [1.29, 1.82) is 0 Å². The number of hydrogen-bond donors (Lipinski definition) is 2.